The molecule has 7 heteroatoms. The predicted molar refractivity (Wildman–Crippen MR) is 117 cm³/mol. The van der Waals surface area contributed by atoms with Gasteiger partial charge in [-0.3, -0.25) is 19.5 Å². The van der Waals surface area contributed by atoms with E-state index < -0.39 is 0 Å². The average Bonchev–Trinajstić information content (AvgIpc) is 3.20. The number of anilines is 1. The lowest BCUT2D eigenvalue weighted by atomic mass is 10.1. The fraction of sp³-hybridized carbons (Fsp3) is 0.130. The number of pyridine rings is 1. The molecule has 0 atom stereocenters. The number of benzene rings is 2. The second kappa shape index (κ2) is 8.42. The second-order valence-corrected chi connectivity index (χ2v) is 7.73. The first kappa shape index (κ1) is 19.7. The van der Waals surface area contributed by atoms with E-state index in [9.17, 15) is 9.59 Å². The topological polar surface area (TPSA) is 72.4 Å². The summed E-state index contributed by atoms with van der Waals surface area (Å²) in [5, 5.41) is 0.586. The van der Waals surface area contributed by atoms with Crippen LogP contribution in [0.25, 0.3) is 10.2 Å². The van der Waals surface area contributed by atoms with Crippen LogP contribution >= 0.6 is 11.3 Å². The number of carbonyl (C=O) groups is 2. The van der Waals surface area contributed by atoms with Crippen molar-refractivity contribution in [3.05, 3.63) is 83.7 Å². The molecule has 4 rings (SSSR count). The van der Waals surface area contributed by atoms with E-state index in [1.54, 1.807) is 48.7 Å². The monoisotopic (exact) mass is 417 g/mol. The molecular weight excluding hydrogens is 398 g/mol. The van der Waals surface area contributed by atoms with Gasteiger partial charge in [-0.05, 0) is 42.8 Å². The smallest absolute Gasteiger partial charge is 0.260 e. The number of aromatic nitrogens is 2. The number of Topliss-reactive ketones (excluding diaryl/α,β-unsaturated/α-hetero) is 1. The molecule has 2 aromatic carbocycles. The molecule has 150 valence electrons. The molecule has 0 saturated carbocycles. The molecule has 2 aromatic heterocycles. The Kier molecular flexibility index (Phi) is 5.54. The molecule has 0 unspecified atom stereocenters. The highest BCUT2D eigenvalue weighted by Crippen LogP contribution is 2.32. The summed E-state index contributed by atoms with van der Waals surface area (Å²) in [6, 6.07) is 16.1. The van der Waals surface area contributed by atoms with Gasteiger partial charge in [-0.25, -0.2) is 4.98 Å². The number of hydrogen-bond donors (Lipinski definition) is 0. The summed E-state index contributed by atoms with van der Waals surface area (Å²) in [6.45, 7) is 1.83. The van der Waals surface area contributed by atoms with E-state index >= 15 is 0 Å². The van der Waals surface area contributed by atoms with Crippen molar-refractivity contribution in [3.63, 3.8) is 0 Å². The zero-order valence-corrected chi connectivity index (χ0v) is 17.3. The number of ketones is 1. The fourth-order valence-corrected chi connectivity index (χ4v) is 3.98. The molecule has 4 aromatic rings. The van der Waals surface area contributed by atoms with Crippen molar-refractivity contribution < 1.29 is 14.3 Å². The van der Waals surface area contributed by atoms with Crippen molar-refractivity contribution >= 4 is 38.4 Å². The van der Waals surface area contributed by atoms with Crippen molar-refractivity contribution in [2.75, 3.05) is 12.0 Å². The summed E-state index contributed by atoms with van der Waals surface area (Å²) >= 11 is 1.44. The van der Waals surface area contributed by atoms with Gasteiger partial charge in [0.05, 0.1) is 23.9 Å². The number of nitrogens with zero attached hydrogens (tertiary/aromatic N) is 3. The van der Waals surface area contributed by atoms with E-state index in [4.69, 9.17) is 4.74 Å². The summed E-state index contributed by atoms with van der Waals surface area (Å²) in [6.07, 6.45) is 3.43. The van der Waals surface area contributed by atoms with Crippen LogP contribution in [0.1, 0.15) is 33.2 Å². The Morgan fingerprint density at radius 1 is 1.07 bits per heavy atom. The van der Waals surface area contributed by atoms with E-state index in [0.717, 1.165) is 15.8 Å². The number of methoxy groups -OCH3 is 1. The molecule has 1 amide bonds. The maximum Gasteiger partial charge on any atom is 0.260 e. The van der Waals surface area contributed by atoms with Crippen molar-refractivity contribution in [1.82, 2.24) is 9.97 Å². The van der Waals surface area contributed by atoms with Crippen molar-refractivity contribution in [3.8, 4) is 5.75 Å². The van der Waals surface area contributed by atoms with E-state index in [-0.39, 0.29) is 11.7 Å². The SMILES string of the molecule is COc1ccc2sc(N(Cc3cccnc3)C(=O)c3ccc(C(C)=O)cc3)nc2c1. The number of fused-ring (bicyclic) bond motifs is 1. The van der Waals surface area contributed by atoms with Gasteiger partial charge in [0.25, 0.3) is 5.91 Å². The van der Waals surface area contributed by atoms with E-state index in [1.807, 2.05) is 30.3 Å². The number of ether oxygens (including phenoxy) is 1. The van der Waals surface area contributed by atoms with Crippen LogP contribution in [-0.4, -0.2) is 28.8 Å². The Balaban J connectivity index is 1.74. The molecule has 0 radical (unpaired) electrons. The molecule has 0 aliphatic heterocycles. The Labute approximate surface area is 177 Å². The van der Waals surface area contributed by atoms with E-state index in [2.05, 4.69) is 9.97 Å². The van der Waals surface area contributed by atoms with Gasteiger partial charge in [0, 0.05) is 29.6 Å². The summed E-state index contributed by atoms with van der Waals surface area (Å²) in [7, 11) is 1.61. The van der Waals surface area contributed by atoms with Gasteiger partial charge in [0.2, 0.25) is 0 Å². The number of hydrogen-bond acceptors (Lipinski definition) is 6. The number of amides is 1. The highest BCUT2D eigenvalue weighted by atomic mass is 32.1. The van der Waals surface area contributed by atoms with Crippen molar-refractivity contribution in [1.29, 1.82) is 0 Å². The summed E-state index contributed by atoms with van der Waals surface area (Å²) in [4.78, 5) is 35.4. The number of rotatable bonds is 6. The number of carbonyl (C=O) groups excluding carboxylic acids is 2. The second-order valence-electron chi connectivity index (χ2n) is 6.72. The van der Waals surface area contributed by atoms with Crippen LogP contribution < -0.4 is 9.64 Å². The third kappa shape index (κ3) is 4.06. The van der Waals surface area contributed by atoms with Crippen LogP contribution in [0.3, 0.4) is 0 Å². The first-order valence-corrected chi connectivity index (χ1v) is 10.1. The van der Waals surface area contributed by atoms with Crippen LogP contribution in [-0.2, 0) is 6.54 Å². The molecular formula is C23H19N3O3S. The van der Waals surface area contributed by atoms with Crippen LogP contribution in [0.15, 0.2) is 67.0 Å². The van der Waals surface area contributed by atoms with Gasteiger partial charge in [-0.1, -0.05) is 29.5 Å². The largest absolute Gasteiger partial charge is 0.497 e. The average molecular weight is 417 g/mol. The first-order valence-electron chi connectivity index (χ1n) is 9.31. The minimum Gasteiger partial charge on any atom is -0.497 e. The lowest BCUT2D eigenvalue weighted by Gasteiger charge is -2.20. The molecule has 0 fully saturated rings. The Bertz CT molecular complexity index is 1200. The minimum absolute atomic E-state index is 0.0404. The lowest BCUT2D eigenvalue weighted by Crippen LogP contribution is -2.30. The molecule has 6 nitrogen and oxygen atoms in total. The Morgan fingerprint density at radius 2 is 1.83 bits per heavy atom. The van der Waals surface area contributed by atoms with Gasteiger partial charge in [-0.2, -0.15) is 0 Å². The highest BCUT2D eigenvalue weighted by molar-refractivity contribution is 7.22. The summed E-state index contributed by atoms with van der Waals surface area (Å²) in [5.41, 5.74) is 2.71. The van der Waals surface area contributed by atoms with Crippen molar-refractivity contribution in [2.24, 2.45) is 0 Å². The van der Waals surface area contributed by atoms with Gasteiger partial charge in [-0.15, -0.1) is 0 Å². The molecule has 0 spiro atoms. The molecule has 0 saturated heterocycles. The maximum atomic E-state index is 13.4. The maximum absolute atomic E-state index is 13.4. The van der Waals surface area contributed by atoms with Gasteiger partial charge in [0.15, 0.2) is 10.9 Å². The lowest BCUT2D eigenvalue weighted by molar-refractivity contribution is 0.0981. The van der Waals surface area contributed by atoms with Crippen LogP contribution in [0, 0.1) is 0 Å². The summed E-state index contributed by atoms with van der Waals surface area (Å²) in [5.74, 6) is 0.477. The third-order valence-corrected chi connectivity index (χ3v) is 5.72. The zero-order chi connectivity index (χ0) is 21.1. The van der Waals surface area contributed by atoms with Crippen LogP contribution in [0.5, 0.6) is 5.75 Å². The van der Waals surface area contributed by atoms with Crippen molar-refractivity contribution in [2.45, 2.75) is 13.5 Å². The normalized spacial score (nSPS) is 10.7. The predicted octanol–water partition coefficient (Wildman–Crippen LogP) is 4.75. The zero-order valence-electron chi connectivity index (χ0n) is 16.5. The Morgan fingerprint density at radius 3 is 2.50 bits per heavy atom. The molecule has 0 aliphatic carbocycles. The first-order chi connectivity index (χ1) is 14.5. The van der Waals surface area contributed by atoms with Gasteiger partial charge >= 0.3 is 0 Å². The fourth-order valence-electron chi connectivity index (χ4n) is 3.04. The number of thiazole rings is 1. The van der Waals surface area contributed by atoms with E-state index in [1.165, 1.54) is 18.3 Å². The Hall–Kier alpha value is -3.58. The van der Waals surface area contributed by atoms with Crippen LogP contribution in [0.4, 0.5) is 5.13 Å². The molecule has 30 heavy (non-hydrogen) atoms. The van der Waals surface area contributed by atoms with E-state index in [0.29, 0.717) is 28.6 Å². The quantitative estimate of drug-likeness (QED) is 0.423. The summed E-state index contributed by atoms with van der Waals surface area (Å²) < 4.78 is 6.24. The highest BCUT2D eigenvalue weighted by Gasteiger charge is 2.22. The molecule has 0 N–H and O–H groups in total. The van der Waals surface area contributed by atoms with Gasteiger partial charge < -0.3 is 4.74 Å². The standard InChI is InChI=1S/C23H19N3O3S/c1-15(27)17-5-7-18(8-6-17)22(28)26(14-16-4-3-11-24-13-16)23-25-20-12-19(29-2)9-10-21(20)30-23/h3-13H,14H2,1-2H3. The molecule has 0 aliphatic rings. The molecule has 2 heterocycles. The molecule has 0 bridgehead atoms. The minimum atomic E-state index is -0.194. The van der Waals surface area contributed by atoms with Gasteiger partial charge in [0.1, 0.15) is 5.75 Å². The van der Waals surface area contributed by atoms with Crippen LogP contribution in [0.2, 0.25) is 0 Å². The third-order valence-electron chi connectivity index (χ3n) is 4.66.